The molecule has 2 aliphatic rings. The van der Waals surface area contributed by atoms with Gasteiger partial charge in [0.15, 0.2) is 17.4 Å². The molecule has 6 N–H and O–H groups in total. The van der Waals surface area contributed by atoms with Gasteiger partial charge in [0.1, 0.15) is 12.1 Å². The summed E-state index contributed by atoms with van der Waals surface area (Å²) in [6.45, 7) is 0. The number of benzene rings is 1. The van der Waals surface area contributed by atoms with Crippen molar-refractivity contribution in [1.29, 1.82) is 0 Å². The second kappa shape index (κ2) is 8.25. The zero-order valence-corrected chi connectivity index (χ0v) is 17.9. The van der Waals surface area contributed by atoms with Gasteiger partial charge in [0, 0.05) is 25.2 Å². The lowest BCUT2D eigenvalue weighted by atomic mass is 9.82. The highest BCUT2D eigenvalue weighted by molar-refractivity contribution is 6.40. The summed E-state index contributed by atoms with van der Waals surface area (Å²) in [6.07, 6.45) is 6.82. The lowest BCUT2D eigenvalue weighted by Crippen LogP contribution is -2.60. The van der Waals surface area contributed by atoms with Crippen LogP contribution in [0.4, 0.5) is 5.69 Å². The van der Waals surface area contributed by atoms with Crippen molar-refractivity contribution in [3.05, 3.63) is 35.4 Å². The number of para-hydroxylation sites is 1. The quantitative estimate of drug-likeness (QED) is 0.571. The summed E-state index contributed by atoms with van der Waals surface area (Å²) < 4.78 is 7.39. The van der Waals surface area contributed by atoms with Gasteiger partial charge >= 0.3 is 0 Å². The van der Waals surface area contributed by atoms with E-state index in [1.54, 1.807) is 18.0 Å². The van der Waals surface area contributed by atoms with E-state index < -0.39 is 5.79 Å². The van der Waals surface area contributed by atoms with E-state index >= 15 is 0 Å². The SMILES string of the molecule is COc1c(NC2=C(Cl)C=NC(N)(C3CCC(N)CC3)N2)cccc1-c1ncnn1C. The molecule has 0 bridgehead atoms. The van der Waals surface area contributed by atoms with Crippen LogP contribution in [0.3, 0.4) is 0 Å². The van der Waals surface area contributed by atoms with Crippen molar-refractivity contribution in [2.75, 3.05) is 12.4 Å². The van der Waals surface area contributed by atoms with E-state index in [-0.39, 0.29) is 12.0 Å². The van der Waals surface area contributed by atoms with Crippen LogP contribution >= 0.6 is 11.6 Å². The number of hydrogen-bond donors (Lipinski definition) is 4. The van der Waals surface area contributed by atoms with Crippen molar-refractivity contribution in [3.8, 4) is 17.1 Å². The Labute approximate surface area is 180 Å². The van der Waals surface area contributed by atoms with E-state index in [1.165, 1.54) is 6.33 Å². The second-order valence-electron chi connectivity index (χ2n) is 7.76. The molecule has 1 fully saturated rings. The number of nitrogens with zero attached hydrogens (tertiary/aromatic N) is 4. The molecule has 2 aromatic rings. The maximum Gasteiger partial charge on any atom is 0.186 e. The van der Waals surface area contributed by atoms with Gasteiger partial charge in [0.25, 0.3) is 0 Å². The predicted octanol–water partition coefficient (Wildman–Crippen LogP) is 2.11. The molecule has 0 spiro atoms. The molecule has 30 heavy (non-hydrogen) atoms. The molecular formula is C20H27ClN8O. The number of anilines is 1. The number of nitrogens with one attached hydrogen (secondary N) is 2. The van der Waals surface area contributed by atoms with Crippen LogP contribution < -0.4 is 26.8 Å². The largest absolute Gasteiger partial charge is 0.494 e. The van der Waals surface area contributed by atoms with Gasteiger partial charge in [-0.25, -0.2) is 14.7 Å². The number of nitrogens with two attached hydrogens (primary N) is 2. The Kier molecular flexibility index (Phi) is 5.68. The number of methoxy groups -OCH3 is 1. The molecule has 160 valence electrons. The molecular weight excluding hydrogens is 404 g/mol. The summed E-state index contributed by atoms with van der Waals surface area (Å²) in [6, 6.07) is 5.99. The summed E-state index contributed by atoms with van der Waals surface area (Å²) in [5.74, 6) is 1.14. The van der Waals surface area contributed by atoms with Crippen molar-refractivity contribution >= 4 is 23.5 Å². The van der Waals surface area contributed by atoms with Gasteiger partial charge in [0.05, 0.1) is 23.4 Å². The van der Waals surface area contributed by atoms with E-state index in [1.807, 2.05) is 25.2 Å². The monoisotopic (exact) mass is 430 g/mol. The number of ether oxygens (including phenoxy) is 1. The molecule has 1 aliphatic heterocycles. The molecule has 2 heterocycles. The lowest BCUT2D eigenvalue weighted by Gasteiger charge is -2.41. The van der Waals surface area contributed by atoms with Crippen molar-refractivity contribution in [3.63, 3.8) is 0 Å². The number of aliphatic imine (C=N–C) groups is 1. The minimum atomic E-state index is -0.935. The van der Waals surface area contributed by atoms with Crippen LogP contribution in [0.15, 0.2) is 40.4 Å². The third-order valence-electron chi connectivity index (χ3n) is 5.78. The Morgan fingerprint density at radius 1 is 1.30 bits per heavy atom. The number of allylic oxidation sites excluding steroid dienone is 1. The minimum Gasteiger partial charge on any atom is -0.494 e. The molecule has 9 nitrogen and oxygen atoms in total. The molecule has 1 aromatic carbocycles. The average molecular weight is 431 g/mol. The van der Waals surface area contributed by atoms with Crippen LogP contribution in [0.2, 0.25) is 0 Å². The maximum absolute atomic E-state index is 6.65. The van der Waals surface area contributed by atoms with Gasteiger partial charge in [-0.1, -0.05) is 17.7 Å². The topological polar surface area (TPSA) is 128 Å². The molecule has 1 saturated carbocycles. The first-order valence-corrected chi connectivity index (χ1v) is 10.3. The second-order valence-corrected chi connectivity index (χ2v) is 8.17. The molecule has 10 heteroatoms. The van der Waals surface area contributed by atoms with Crippen LogP contribution in [0.5, 0.6) is 5.75 Å². The number of aromatic nitrogens is 3. The van der Waals surface area contributed by atoms with Crippen molar-refractivity contribution in [1.82, 2.24) is 20.1 Å². The Bertz CT molecular complexity index is 979. The first kappa shape index (κ1) is 20.6. The van der Waals surface area contributed by atoms with Crippen LogP contribution in [0, 0.1) is 5.92 Å². The summed E-state index contributed by atoms with van der Waals surface area (Å²) in [7, 11) is 3.45. The van der Waals surface area contributed by atoms with E-state index in [0.29, 0.717) is 22.4 Å². The number of aryl methyl sites for hydroxylation is 1. The molecule has 4 rings (SSSR count). The average Bonchev–Trinajstić information content (AvgIpc) is 3.17. The highest BCUT2D eigenvalue weighted by Crippen LogP contribution is 2.37. The van der Waals surface area contributed by atoms with Gasteiger partial charge in [-0.15, -0.1) is 0 Å². The fourth-order valence-electron chi connectivity index (χ4n) is 4.08. The highest BCUT2D eigenvalue weighted by atomic mass is 35.5. The first-order valence-electron chi connectivity index (χ1n) is 9.97. The number of rotatable bonds is 5. The molecule has 1 aliphatic carbocycles. The van der Waals surface area contributed by atoms with Crippen molar-refractivity contribution in [2.45, 2.75) is 37.5 Å². The normalized spacial score (nSPS) is 26.4. The molecule has 0 radical (unpaired) electrons. The lowest BCUT2D eigenvalue weighted by molar-refractivity contribution is 0.176. The van der Waals surface area contributed by atoms with Gasteiger partial charge in [0.2, 0.25) is 0 Å². The fraction of sp³-hybridized carbons (Fsp3) is 0.450. The Hall–Kier alpha value is -2.62. The maximum atomic E-state index is 6.65. The summed E-state index contributed by atoms with van der Waals surface area (Å²) in [4.78, 5) is 8.84. The number of hydrogen-bond acceptors (Lipinski definition) is 8. The van der Waals surface area contributed by atoms with Gasteiger partial charge < -0.3 is 21.1 Å². The number of halogens is 1. The highest BCUT2D eigenvalue weighted by Gasteiger charge is 2.39. The van der Waals surface area contributed by atoms with Crippen LogP contribution in [0.1, 0.15) is 25.7 Å². The third kappa shape index (κ3) is 3.88. The van der Waals surface area contributed by atoms with Crippen molar-refractivity contribution in [2.24, 2.45) is 29.4 Å². The molecule has 0 saturated heterocycles. The van der Waals surface area contributed by atoms with E-state index in [2.05, 4.69) is 25.7 Å². The Morgan fingerprint density at radius 2 is 2.07 bits per heavy atom. The summed E-state index contributed by atoms with van der Waals surface area (Å²) in [5.41, 5.74) is 14.2. The zero-order valence-electron chi connectivity index (χ0n) is 17.1. The molecule has 1 atom stereocenters. The van der Waals surface area contributed by atoms with Gasteiger partial charge in [-0.3, -0.25) is 5.73 Å². The van der Waals surface area contributed by atoms with E-state index in [9.17, 15) is 0 Å². The summed E-state index contributed by atoms with van der Waals surface area (Å²) >= 11 is 6.44. The standard InChI is InChI=1S/C20H27ClN8O/c1-29-19(24-11-26-29)14-4-3-5-16(17(14)30-2)27-18-15(21)10-25-20(23,28-18)12-6-8-13(22)9-7-12/h3-5,10-13,27-28H,6-9,22-23H2,1-2H3. The zero-order chi connectivity index (χ0) is 21.3. The Balaban J connectivity index is 1.61. The van der Waals surface area contributed by atoms with Gasteiger partial charge in [-0.2, -0.15) is 5.10 Å². The van der Waals surface area contributed by atoms with Crippen LogP contribution in [-0.2, 0) is 7.05 Å². The van der Waals surface area contributed by atoms with E-state index in [0.717, 1.165) is 36.9 Å². The fourth-order valence-corrected chi connectivity index (χ4v) is 4.23. The van der Waals surface area contributed by atoms with Crippen molar-refractivity contribution < 1.29 is 4.74 Å². The third-order valence-corrected chi connectivity index (χ3v) is 6.07. The van der Waals surface area contributed by atoms with Crippen LogP contribution in [0.25, 0.3) is 11.4 Å². The minimum absolute atomic E-state index is 0.169. The molecule has 1 aromatic heterocycles. The molecule has 1 unspecified atom stereocenters. The smallest absolute Gasteiger partial charge is 0.186 e. The van der Waals surface area contributed by atoms with Gasteiger partial charge in [-0.05, 0) is 37.8 Å². The molecule has 0 amide bonds. The predicted molar refractivity (Wildman–Crippen MR) is 118 cm³/mol. The first-order chi connectivity index (χ1) is 14.4. The van der Waals surface area contributed by atoms with E-state index in [4.69, 9.17) is 27.8 Å². The Morgan fingerprint density at radius 3 is 2.73 bits per heavy atom. The summed E-state index contributed by atoms with van der Waals surface area (Å²) in [5, 5.41) is 11.2. The van der Waals surface area contributed by atoms with Crippen LogP contribution in [-0.4, -0.2) is 39.9 Å².